The van der Waals surface area contributed by atoms with E-state index in [0.29, 0.717) is 11.3 Å². The lowest BCUT2D eigenvalue weighted by atomic mass is 10.1. The largest absolute Gasteiger partial charge is 0.254 e. The van der Waals surface area contributed by atoms with E-state index in [4.69, 9.17) is 5.26 Å². The van der Waals surface area contributed by atoms with Crippen molar-refractivity contribution in [2.75, 3.05) is 0 Å². The molecule has 0 bridgehead atoms. The Balaban J connectivity index is 2.20. The van der Waals surface area contributed by atoms with Crippen LogP contribution in [0.4, 0.5) is 0 Å². The number of nitrogens with zero attached hydrogens (tertiary/aromatic N) is 1. The zero-order chi connectivity index (χ0) is 13.8. The highest BCUT2D eigenvalue weighted by atomic mass is 79.9. The fraction of sp³-hybridized carbons (Fsp3) is 0.133. The minimum Gasteiger partial charge on any atom is -0.254 e. The van der Waals surface area contributed by atoms with Gasteiger partial charge in [0.25, 0.3) is 0 Å². The first-order chi connectivity index (χ1) is 9.10. The topological polar surface area (TPSA) is 40.9 Å². The molecular weight excluding hydrogens is 322 g/mol. The third kappa shape index (κ3) is 3.52. The maximum Gasteiger partial charge on any atom is 0.0991 e. The number of nitriles is 1. The first kappa shape index (κ1) is 14.0. The summed E-state index contributed by atoms with van der Waals surface area (Å²) >= 11 is 3.36. The Morgan fingerprint density at radius 3 is 2.47 bits per heavy atom. The summed E-state index contributed by atoms with van der Waals surface area (Å²) in [6.07, 6.45) is 0. The zero-order valence-electron chi connectivity index (χ0n) is 10.4. The molecule has 0 aliphatic carbocycles. The third-order valence-corrected chi connectivity index (χ3v) is 4.73. The van der Waals surface area contributed by atoms with E-state index in [2.05, 4.69) is 22.0 Å². The summed E-state index contributed by atoms with van der Waals surface area (Å²) in [4.78, 5) is 0.812. The second-order valence-electron chi connectivity index (χ2n) is 4.20. The van der Waals surface area contributed by atoms with Gasteiger partial charge in [0.2, 0.25) is 0 Å². The minimum absolute atomic E-state index is 0.471. The zero-order valence-corrected chi connectivity index (χ0v) is 12.8. The fourth-order valence-corrected chi connectivity index (χ4v) is 3.22. The number of hydrogen-bond acceptors (Lipinski definition) is 2. The molecule has 0 fully saturated rings. The van der Waals surface area contributed by atoms with Gasteiger partial charge >= 0.3 is 0 Å². The summed E-state index contributed by atoms with van der Waals surface area (Å²) in [5.41, 5.74) is 2.65. The van der Waals surface area contributed by atoms with Crippen LogP contribution in [0.25, 0.3) is 0 Å². The van der Waals surface area contributed by atoms with Gasteiger partial charge in [-0.1, -0.05) is 22.0 Å². The van der Waals surface area contributed by atoms with E-state index in [1.165, 1.54) is 0 Å². The second-order valence-corrected chi connectivity index (χ2v) is 6.56. The predicted octanol–water partition coefficient (Wildman–Crippen LogP) is 3.94. The van der Waals surface area contributed by atoms with Crippen molar-refractivity contribution in [2.45, 2.75) is 17.6 Å². The third-order valence-electron chi connectivity index (χ3n) is 2.83. The molecule has 96 valence electrons. The summed E-state index contributed by atoms with van der Waals surface area (Å²) < 4.78 is 13.2. The second kappa shape index (κ2) is 6.14. The summed E-state index contributed by atoms with van der Waals surface area (Å²) in [5, 5.41) is 8.82. The quantitative estimate of drug-likeness (QED) is 0.853. The fourth-order valence-electron chi connectivity index (χ4n) is 1.74. The van der Waals surface area contributed by atoms with Crippen molar-refractivity contribution >= 4 is 26.7 Å². The highest BCUT2D eigenvalue weighted by Crippen LogP contribution is 2.18. The van der Waals surface area contributed by atoms with Crippen molar-refractivity contribution in [3.8, 4) is 6.07 Å². The number of halogens is 1. The summed E-state index contributed by atoms with van der Waals surface area (Å²) in [7, 11) is -1.07. The summed E-state index contributed by atoms with van der Waals surface area (Å²) in [6, 6.07) is 15.1. The molecule has 19 heavy (non-hydrogen) atoms. The number of rotatable bonds is 3. The van der Waals surface area contributed by atoms with Crippen molar-refractivity contribution in [3.63, 3.8) is 0 Å². The van der Waals surface area contributed by atoms with Crippen molar-refractivity contribution in [1.29, 1.82) is 5.26 Å². The van der Waals surface area contributed by atoms with Gasteiger partial charge in [0.05, 0.1) is 28.2 Å². The van der Waals surface area contributed by atoms with Gasteiger partial charge in [0, 0.05) is 9.37 Å². The Morgan fingerprint density at radius 1 is 1.21 bits per heavy atom. The van der Waals surface area contributed by atoms with Crippen LogP contribution in [0.3, 0.4) is 0 Å². The van der Waals surface area contributed by atoms with Gasteiger partial charge in [-0.05, 0) is 54.4 Å². The van der Waals surface area contributed by atoms with E-state index in [-0.39, 0.29) is 0 Å². The van der Waals surface area contributed by atoms with Crippen molar-refractivity contribution in [2.24, 2.45) is 0 Å². The number of benzene rings is 2. The van der Waals surface area contributed by atoms with Crippen molar-refractivity contribution in [1.82, 2.24) is 0 Å². The Kier molecular flexibility index (Phi) is 4.52. The molecule has 2 nitrogen and oxygen atoms in total. The standard InChI is InChI=1S/C15H12BrNOS/c1-11-8-12(9-17)2-3-13(11)10-19(18)15-6-4-14(16)5-7-15/h2-8H,10H2,1H3. The lowest BCUT2D eigenvalue weighted by Crippen LogP contribution is -1.98. The minimum atomic E-state index is -1.07. The average molecular weight is 334 g/mol. The smallest absolute Gasteiger partial charge is 0.0991 e. The van der Waals surface area contributed by atoms with Gasteiger partial charge in [-0.25, -0.2) is 0 Å². The molecular formula is C15H12BrNOS. The Bertz CT molecular complexity index is 659. The van der Waals surface area contributed by atoms with Crippen LogP contribution in [-0.2, 0) is 16.6 Å². The molecule has 1 unspecified atom stereocenters. The molecule has 4 heteroatoms. The van der Waals surface area contributed by atoms with Crippen LogP contribution in [0.15, 0.2) is 51.8 Å². The van der Waals surface area contributed by atoms with Crippen LogP contribution in [0.2, 0.25) is 0 Å². The van der Waals surface area contributed by atoms with Crippen LogP contribution >= 0.6 is 15.9 Å². The molecule has 1 atom stereocenters. The maximum absolute atomic E-state index is 12.3. The molecule has 0 aromatic heterocycles. The van der Waals surface area contributed by atoms with E-state index in [1.807, 2.05) is 43.3 Å². The van der Waals surface area contributed by atoms with E-state index < -0.39 is 10.8 Å². The lowest BCUT2D eigenvalue weighted by molar-refractivity contribution is 0.682. The molecule has 0 aliphatic heterocycles. The molecule has 0 spiro atoms. The molecule has 0 saturated carbocycles. The van der Waals surface area contributed by atoms with Crippen LogP contribution in [-0.4, -0.2) is 4.21 Å². The first-order valence-electron chi connectivity index (χ1n) is 5.74. The van der Waals surface area contributed by atoms with E-state index in [0.717, 1.165) is 20.5 Å². The maximum atomic E-state index is 12.3. The van der Waals surface area contributed by atoms with Crippen LogP contribution in [0, 0.1) is 18.3 Å². The van der Waals surface area contributed by atoms with Gasteiger partial charge in [-0.15, -0.1) is 0 Å². The van der Waals surface area contributed by atoms with Crippen LogP contribution < -0.4 is 0 Å². The molecule has 2 rings (SSSR count). The normalized spacial score (nSPS) is 11.8. The average Bonchev–Trinajstić information content (AvgIpc) is 2.41. The molecule has 0 radical (unpaired) electrons. The number of aryl methyl sites for hydroxylation is 1. The van der Waals surface area contributed by atoms with Gasteiger partial charge in [0.15, 0.2) is 0 Å². The molecule has 2 aromatic rings. The summed E-state index contributed by atoms with van der Waals surface area (Å²) in [5.74, 6) is 0.471. The van der Waals surface area contributed by atoms with Crippen LogP contribution in [0.1, 0.15) is 16.7 Å². The predicted molar refractivity (Wildman–Crippen MR) is 80.1 cm³/mol. The molecule has 0 amide bonds. The number of hydrogen-bond donors (Lipinski definition) is 0. The monoisotopic (exact) mass is 333 g/mol. The van der Waals surface area contributed by atoms with E-state index >= 15 is 0 Å². The Hall–Kier alpha value is -1.44. The van der Waals surface area contributed by atoms with E-state index in [9.17, 15) is 4.21 Å². The summed E-state index contributed by atoms with van der Waals surface area (Å²) in [6.45, 7) is 1.94. The SMILES string of the molecule is Cc1cc(C#N)ccc1CS(=O)c1ccc(Br)cc1. The molecule has 0 saturated heterocycles. The first-order valence-corrected chi connectivity index (χ1v) is 7.85. The molecule has 0 N–H and O–H groups in total. The van der Waals surface area contributed by atoms with Crippen LogP contribution in [0.5, 0.6) is 0 Å². The Labute approximate surface area is 123 Å². The highest BCUT2D eigenvalue weighted by molar-refractivity contribution is 9.10. The van der Waals surface area contributed by atoms with Gasteiger partial charge in [-0.3, -0.25) is 4.21 Å². The molecule has 0 aliphatic rings. The Morgan fingerprint density at radius 2 is 1.89 bits per heavy atom. The van der Waals surface area contributed by atoms with Gasteiger partial charge in [-0.2, -0.15) is 5.26 Å². The lowest BCUT2D eigenvalue weighted by Gasteiger charge is -2.06. The highest BCUT2D eigenvalue weighted by Gasteiger charge is 2.07. The van der Waals surface area contributed by atoms with E-state index in [1.54, 1.807) is 6.07 Å². The molecule has 0 heterocycles. The van der Waals surface area contributed by atoms with Crippen molar-refractivity contribution in [3.05, 3.63) is 63.6 Å². The molecule has 2 aromatic carbocycles. The van der Waals surface area contributed by atoms with Crippen molar-refractivity contribution < 1.29 is 4.21 Å². The van der Waals surface area contributed by atoms with Gasteiger partial charge in [0.1, 0.15) is 0 Å². The van der Waals surface area contributed by atoms with Gasteiger partial charge < -0.3 is 0 Å².